The smallest absolute Gasteiger partial charge is 0.241 e. The summed E-state index contributed by atoms with van der Waals surface area (Å²) < 4.78 is 27.9. The number of sulfonamides is 1. The Kier molecular flexibility index (Phi) is 5.45. The van der Waals surface area contributed by atoms with Crippen LogP contribution in [0, 0.1) is 13.8 Å². The molecule has 4 nitrogen and oxygen atoms in total. The molecule has 1 aliphatic rings. The quantitative estimate of drug-likeness (QED) is 0.885. The first kappa shape index (κ1) is 18.0. The molecule has 0 atom stereocenters. The molecule has 1 saturated heterocycles. The van der Waals surface area contributed by atoms with Gasteiger partial charge in [0.2, 0.25) is 10.0 Å². The van der Waals surface area contributed by atoms with Crippen LogP contribution in [0.5, 0.6) is 0 Å². The highest BCUT2D eigenvalue weighted by molar-refractivity contribution is 7.89. The minimum Gasteiger partial charge on any atom is -0.372 e. The largest absolute Gasteiger partial charge is 0.372 e. The maximum Gasteiger partial charge on any atom is 0.241 e. The predicted molar refractivity (Wildman–Crippen MR) is 102 cm³/mol. The van der Waals surface area contributed by atoms with Gasteiger partial charge in [-0.25, -0.2) is 13.1 Å². The number of benzene rings is 2. The lowest BCUT2D eigenvalue weighted by Crippen LogP contribution is -2.29. The predicted octanol–water partition coefficient (Wildman–Crippen LogP) is 3.77. The van der Waals surface area contributed by atoms with Crippen LogP contribution >= 0.6 is 0 Å². The van der Waals surface area contributed by atoms with Crippen molar-refractivity contribution >= 4 is 15.7 Å². The van der Waals surface area contributed by atoms with E-state index in [1.165, 1.54) is 24.9 Å². The van der Waals surface area contributed by atoms with Crippen LogP contribution in [0.3, 0.4) is 0 Å². The maximum absolute atomic E-state index is 12.6. The molecule has 0 unspecified atom stereocenters. The number of hydrogen-bond donors (Lipinski definition) is 1. The molecule has 1 aliphatic heterocycles. The van der Waals surface area contributed by atoms with Crippen LogP contribution in [0.2, 0.25) is 0 Å². The van der Waals surface area contributed by atoms with Crippen molar-refractivity contribution < 1.29 is 8.42 Å². The minimum absolute atomic E-state index is 0.302. The van der Waals surface area contributed by atoms with Crippen LogP contribution < -0.4 is 9.62 Å². The molecule has 2 aromatic rings. The van der Waals surface area contributed by atoms with Crippen molar-refractivity contribution in [2.75, 3.05) is 18.0 Å². The Morgan fingerprint density at radius 3 is 2.32 bits per heavy atom. The van der Waals surface area contributed by atoms with Crippen LogP contribution in [-0.4, -0.2) is 21.5 Å². The van der Waals surface area contributed by atoms with Gasteiger partial charge in [0.1, 0.15) is 0 Å². The molecule has 0 spiro atoms. The third-order valence-corrected chi connectivity index (χ3v) is 6.30. The van der Waals surface area contributed by atoms with Crippen LogP contribution in [0.15, 0.2) is 47.4 Å². The van der Waals surface area contributed by atoms with Crippen LogP contribution in [-0.2, 0) is 16.6 Å². The van der Waals surface area contributed by atoms with Crippen LogP contribution in [0.1, 0.15) is 36.0 Å². The van der Waals surface area contributed by atoms with Crippen LogP contribution in [0.4, 0.5) is 5.69 Å². The van der Waals surface area contributed by atoms with Gasteiger partial charge in [-0.1, -0.05) is 24.3 Å². The van der Waals surface area contributed by atoms with Crippen molar-refractivity contribution in [1.29, 1.82) is 0 Å². The average Bonchev–Trinajstić information content (AvgIpc) is 2.63. The number of nitrogens with zero attached hydrogens (tertiary/aromatic N) is 1. The number of aryl methyl sites for hydroxylation is 2. The zero-order valence-corrected chi connectivity index (χ0v) is 15.8. The van der Waals surface area contributed by atoms with Gasteiger partial charge in [-0.15, -0.1) is 0 Å². The lowest BCUT2D eigenvalue weighted by atomic mass is 10.1. The Hall–Kier alpha value is -1.85. The van der Waals surface area contributed by atoms with E-state index in [1.807, 2.05) is 38.1 Å². The lowest BCUT2D eigenvalue weighted by Gasteiger charge is -2.28. The van der Waals surface area contributed by atoms with E-state index < -0.39 is 10.0 Å². The molecule has 3 rings (SSSR count). The van der Waals surface area contributed by atoms with Gasteiger partial charge in [-0.05, 0) is 68.0 Å². The van der Waals surface area contributed by atoms with Gasteiger partial charge in [0.15, 0.2) is 0 Å². The lowest BCUT2D eigenvalue weighted by molar-refractivity contribution is 0.577. The first-order valence-electron chi connectivity index (χ1n) is 8.86. The van der Waals surface area contributed by atoms with Crippen molar-refractivity contribution in [3.63, 3.8) is 0 Å². The first-order valence-corrected chi connectivity index (χ1v) is 10.3. The third-order valence-electron chi connectivity index (χ3n) is 4.76. The molecule has 134 valence electrons. The highest BCUT2D eigenvalue weighted by atomic mass is 32.2. The molecule has 0 saturated carbocycles. The van der Waals surface area contributed by atoms with E-state index >= 15 is 0 Å². The van der Waals surface area contributed by atoms with Crippen molar-refractivity contribution in [2.45, 2.75) is 44.6 Å². The molecule has 0 bridgehead atoms. The summed E-state index contributed by atoms with van der Waals surface area (Å²) in [6, 6.07) is 13.7. The maximum atomic E-state index is 12.6. The molecule has 0 radical (unpaired) electrons. The van der Waals surface area contributed by atoms with E-state index in [9.17, 15) is 8.42 Å². The van der Waals surface area contributed by atoms with Gasteiger partial charge in [0.05, 0.1) is 4.90 Å². The zero-order valence-electron chi connectivity index (χ0n) is 15.0. The van der Waals surface area contributed by atoms with Gasteiger partial charge in [-0.2, -0.15) is 0 Å². The first-order chi connectivity index (χ1) is 12.0. The van der Waals surface area contributed by atoms with Gasteiger partial charge < -0.3 is 4.90 Å². The topological polar surface area (TPSA) is 49.4 Å². The molecular formula is C20H26N2O2S. The normalized spacial score (nSPS) is 15.4. The minimum atomic E-state index is -3.50. The zero-order chi connectivity index (χ0) is 17.9. The standard InChI is InChI=1S/C20H26N2O2S/c1-16-6-7-17(2)20(14-16)25(23,24)21-15-18-8-10-19(11-9-18)22-12-4-3-5-13-22/h6-11,14,21H,3-5,12-13,15H2,1-2H3. The fourth-order valence-corrected chi connectivity index (χ4v) is 4.57. The van der Waals surface area contributed by atoms with Gasteiger partial charge in [0, 0.05) is 25.3 Å². The van der Waals surface area contributed by atoms with Crippen molar-refractivity contribution in [2.24, 2.45) is 0 Å². The van der Waals surface area contributed by atoms with Gasteiger partial charge >= 0.3 is 0 Å². The molecule has 1 heterocycles. The summed E-state index contributed by atoms with van der Waals surface area (Å²) >= 11 is 0. The van der Waals surface area contributed by atoms with E-state index in [4.69, 9.17) is 0 Å². The number of piperidine rings is 1. The summed E-state index contributed by atoms with van der Waals surface area (Å²) in [4.78, 5) is 2.76. The molecule has 1 N–H and O–H groups in total. The summed E-state index contributed by atoms with van der Waals surface area (Å²) in [7, 11) is -3.50. The van der Waals surface area contributed by atoms with Crippen molar-refractivity contribution in [3.8, 4) is 0 Å². The Bertz CT molecular complexity index is 823. The summed E-state index contributed by atoms with van der Waals surface area (Å²) in [5.41, 5.74) is 3.89. The van der Waals surface area contributed by atoms with E-state index in [0.717, 1.165) is 29.8 Å². The van der Waals surface area contributed by atoms with Crippen molar-refractivity contribution in [1.82, 2.24) is 4.72 Å². The third kappa shape index (κ3) is 4.41. The van der Waals surface area contributed by atoms with E-state index in [1.54, 1.807) is 6.07 Å². The molecule has 5 heteroatoms. The number of hydrogen-bond acceptors (Lipinski definition) is 3. The monoisotopic (exact) mass is 358 g/mol. The Morgan fingerprint density at radius 1 is 0.960 bits per heavy atom. The van der Waals surface area contributed by atoms with Crippen LogP contribution in [0.25, 0.3) is 0 Å². The Balaban J connectivity index is 1.67. The summed E-state index contributed by atoms with van der Waals surface area (Å²) in [6.07, 6.45) is 3.81. The van der Waals surface area contributed by atoms with E-state index in [0.29, 0.717) is 11.4 Å². The summed E-state index contributed by atoms with van der Waals surface area (Å²) in [6.45, 7) is 6.24. The molecular weight excluding hydrogens is 332 g/mol. The summed E-state index contributed by atoms with van der Waals surface area (Å²) in [5, 5.41) is 0. The SMILES string of the molecule is Cc1ccc(C)c(S(=O)(=O)NCc2ccc(N3CCCCC3)cc2)c1. The Labute approximate surface area is 150 Å². The number of rotatable bonds is 5. The number of anilines is 1. The molecule has 1 fully saturated rings. The molecule has 0 aromatic heterocycles. The fourth-order valence-electron chi connectivity index (χ4n) is 3.23. The average molecular weight is 359 g/mol. The second kappa shape index (κ2) is 7.58. The molecule has 25 heavy (non-hydrogen) atoms. The second-order valence-electron chi connectivity index (χ2n) is 6.81. The van der Waals surface area contributed by atoms with Crippen molar-refractivity contribution in [3.05, 3.63) is 59.2 Å². The molecule has 0 amide bonds. The van der Waals surface area contributed by atoms with E-state index in [-0.39, 0.29) is 0 Å². The highest BCUT2D eigenvalue weighted by Gasteiger charge is 2.17. The number of nitrogens with one attached hydrogen (secondary N) is 1. The fraction of sp³-hybridized carbons (Fsp3) is 0.400. The summed E-state index contributed by atoms with van der Waals surface area (Å²) in [5.74, 6) is 0. The Morgan fingerprint density at radius 2 is 1.64 bits per heavy atom. The highest BCUT2D eigenvalue weighted by Crippen LogP contribution is 2.21. The van der Waals surface area contributed by atoms with Gasteiger partial charge in [-0.3, -0.25) is 0 Å². The second-order valence-corrected chi connectivity index (χ2v) is 8.54. The molecule has 2 aromatic carbocycles. The van der Waals surface area contributed by atoms with Gasteiger partial charge in [0.25, 0.3) is 0 Å². The molecule has 0 aliphatic carbocycles. The van der Waals surface area contributed by atoms with E-state index in [2.05, 4.69) is 21.8 Å².